The molecule has 1 heterocycles. The summed E-state index contributed by atoms with van der Waals surface area (Å²) in [6.07, 6.45) is 3.19. The van der Waals surface area contributed by atoms with Crippen molar-refractivity contribution in [3.05, 3.63) is 57.3 Å². The van der Waals surface area contributed by atoms with Gasteiger partial charge in [-0.05, 0) is 46.4 Å². The summed E-state index contributed by atoms with van der Waals surface area (Å²) in [5.74, 6) is 5.26. The molecule has 16 heavy (non-hydrogen) atoms. The number of benzene rings is 1. The standard InChI is InChI=1S/C11H10FIN2O/c12-8-1-2-9(10(13)5-8)11(15-14)7-3-4-16-6-7/h1-6,11,15H,14H2. The highest BCUT2D eigenvalue weighted by atomic mass is 127. The third kappa shape index (κ3) is 2.26. The lowest BCUT2D eigenvalue weighted by molar-refractivity contribution is 0.552. The number of hydrogen-bond acceptors (Lipinski definition) is 3. The number of furan rings is 1. The normalized spacial score (nSPS) is 12.7. The van der Waals surface area contributed by atoms with Crippen LogP contribution in [0.5, 0.6) is 0 Å². The second kappa shape index (κ2) is 4.94. The van der Waals surface area contributed by atoms with Crippen molar-refractivity contribution < 1.29 is 8.81 Å². The Balaban J connectivity index is 2.41. The van der Waals surface area contributed by atoms with Gasteiger partial charge in [-0.1, -0.05) is 6.07 Å². The van der Waals surface area contributed by atoms with Gasteiger partial charge in [0.05, 0.1) is 18.6 Å². The van der Waals surface area contributed by atoms with Gasteiger partial charge in [0.1, 0.15) is 5.82 Å². The molecule has 0 aliphatic rings. The molecule has 1 aromatic carbocycles. The lowest BCUT2D eigenvalue weighted by Crippen LogP contribution is -2.29. The molecule has 84 valence electrons. The maximum Gasteiger partial charge on any atom is 0.124 e. The Morgan fingerprint density at radius 2 is 2.19 bits per heavy atom. The van der Waals surface area contributed by atoms with E-state index in [0.717, 1.165) is 14.7 Å². The Hall–Kier alpha value is -0.920. The van der Waals surface area contributed by atoms with E-state index in [1.54, 1.807) is 18.6 Å². The van der Waals surface area contributed by atoms with Crippen molar-refractivity contribution in [1.82, 2.24) is 5.43 Å². The van der Waals surface area contributed by atoms with E-state index < -0.39 is 0 Å². The van der Waals surface area contributed by atoms with Crippen molar-refractivity contribution in [3.8, 4) is 0 Å². The second-order valence-electron chi connectivity index (χ2n) is 3.32. The Labute approximate surface area is 106 Å². The smallest absolute Gasteiger partial charge is 0.124 e. The topological polar surface area (TPSA) is 51.2 Å². The molecular weight excluding hydrogens is 322 g/mol. The lowest BCUT2D eigenvalue weighted by Gasteiger charge is -2.16. The average Bonchev–Trinajstić information content (AvgIpc) is 2.75. The molecule has 5 heteroatoms. The summed E-state index contributed by atoms with van der Waals surface area (Å²) in [6.45, 7) is 0. The highest BCUT2D eigenvalue weighted by Gasteiger charge is 2.16. The maximum atomic E-state index is 13.0. The van der Waals surface area contributed by atoms with Crippen molar-refractivity contribution in [2.24, 2.45) is 5.84 Å². The van der Waals surface area contributed by atoms with Crippen LogP contribution in [0.2, 0.25) is 0 Å². The van der Waals surface area contributed by atoms with Gasteiger partial charge in [-0.3, -0.25) is 5.84 Å². The molecule has 0 fully saturated rings. The highest BCUT2D eigenvalue weighted by molar-refractivity contribution is 14.1. The molecule has 0 bridgehead atoms. The van der Waals surface area contributed by atoms with E-state index in [1.165, 1.54) is 12.1 Å². The van der Waals surface area contributed by atoms with Crippen LogP contribution in [0.4, 0.5) is 4.39 Å². The summed E-state index contributed by atoms with van der Waals surface area (Å²) in [4.78, 5) is 0. The van der Waals surface area contributed by atoms with Crippen LogP contribution in [0, 0.1) is 9.39 Å². The minimum Gasteiger partial charge on any atom is -0.472 e. The first kappa shape index (κ1) is 11.6. The summed E-state index contributed by atoms with van der Waals surface area (Å²) < 4.78 is 18.8. The van der Waals surface area contributed by atoms with E-state index in [9.17, 15) is 4.39 Å². The molecule has 0 aliphatic heterocycles. The summed E-state index contributed by atoms with van der Waals surface area (Å²) in [5.41, 5.74) is 4.53. The molecule has 2 aromatic rings. The van der Waals surface area contributed by atoms with Gasteiger partial charge in [-0.2, -0.15) is 0 Å². The van der Waals surface area contributed by atoms with Crippen molar-refractivity contribution in [3.63, 3.8) is 0 Å². The molecule has 1 aromatic heterocycles. The van der Waals surface area contributed by atoms with Crippen LogP contribution in [0.15, 0.2) is 41.2 Å². The van der Waals surface area contributed by atoms with Crippen molar-refractivity contribution in [1.29, 1.82) is 0 Å². The zero-order valence-corrected chi connectivity index (χ0v) is 10.4. The van der Waals surface area contributed by atoms with Gasteiger partial charge in [0.25, 0.3) is 0 Å². The molecule has 0 spiro atoms. The number of nitrogens with one attached hydrogen (secondary N) is 1. The third-order valence-electron chi connectivity index (χ3n) is 2.32. The number of rotatable bonds is 3. The Bertz CT molecular complexity index is 473. The molecule has 2 rings (SSSR count). The molecule has 1 unspecified atom stereocenters. The largest absolute Gasteiger partial charge is 0.472 e. The zero-order chi connectivity index (χ0) is 11.5. The molecule has 0 saturated carbocycles. The average molecular weight is 332 g/mol. The van der Waals surface area contributed by atoms with Gasteiger partial charge < -0.3 is 4.42 Å². The Morgan fingerprint density at radius 1 is 1.38 bits per heavy atom. The fourth-order valence-corrected chi connectivity index (χ4v) is 2.33. The van der Waals surface area contributed by atoms with Gasteiger partial charge >= 0.3 is 0 Å². The summed E-state index contributed by atoms with van der Waals surface area (Å²) in [6, 6.07) is 6.24. The van der Waals surface area contributed by atoms with Gasteiger partial charge in [0.2, 0.25) is 0 Å². The first-order valence-electron chi connectivity index (χ1n) is 4.65. The van der Waals surface area contributed by atoms with Crippen LogP contribution in [-0.2, 0) is 0 Å². The molecule has 0 saturated heterocycles. The van der Waals surface area contributed by atoms with Gasteiger partial charge in [-0.15, -0.1) is 0 Å². The van der Waals surface area contributed by atoms with E-state index in [4.69, 9.17) is 10.3 Å². The van der Waals surface area contributed by atoms with Crippen LogP contribution >= 0.6 is 22.6 Å². The monoisotopic (exact) mass is 332 g/mol. The zero-order valence-electron chi connectivity index (χ0n) is 8.28. The number of hydrazine groups is 1. The third-order valence-corrected chi connectivity index (χ3v) is 3.25. The SMILES string of the molecule is NNC(c1ccoc1)c1ccc(F)cc1I. The predicted molar refractivity (Wildman–Crippen MR) is 67.0 cm³/mol. The molecule has 3 N–H and O–H groups in total. The lowest BCUT2D eigenvalue weighted by atomic mass is 10.0. The highest BCUT2D eigenvalue weighted by Crippen LogP contribution is 2.26. The van der Waals surface area contributed by atoms with Gasteiger partial charge in [-0.25, -0.2) is 9.82 Å². The first-order valence-corrected chi connectivity index (χ1v) is 5.73. The summed E-state index contributed by atoms with van der Waals surface area (Å²) in [7, 11) is 0. The van der Waals surface area contributed by atoms with Crippen molar-refractivity contribution in [2.75, 3.05) is 0 Å². The van der Waals surface area contributed by atoms with Gasteiger partial charge in [0, 0.05) is 9.13 Å². The summed E-state index contributed by atoms with van der Waals surface area (Å²) >= 11 is 2.08. The Morgan fingerprint density at radius 3 is 2.75 bits per heavy atom. The van der Waals surface area contributed by atoms with Crippen LogP contribution in [-0.4, -0.2) is 0 Å². The van der Waals surface area contributed by atoms with Gasteiger partial charge in [0.15, 0.2) is 0 Å². The minimum absolute atomic E-state index is 0.189. The fourth-order valence-electron chi connectivity index (χ4n) is 1.54. The number of nitrogens with two attached hydrogens (primary N) is 1. The molecule has 0 amide bonds. The molecule has 1 atom stereocenters. The van der Waals surface area contributed by atoms with E-state index >= 15 is 0 Å². The number of hydrogen-bond donors (Lipinski definition) is 2. The summed E-state index contributed by atoms with van der Waals surface area (Å²) in [5, 5.41) is 0. The van der Waals surface area contributed by atoms with Crippen molar-refractivity contribution >= 4 is 22.6 Å². The molecule has 3 nitrogen and oxygen atoms in total. The molecule has 0 radical (unpaired) electrons. The predicted octanol–water partition coefficient (Wildman–Crippen LogP) is 2.58. The van der Waals surface area contributed by atoms with Crippen LogP contribution in [0.25, 0.3) is 0 Å². The van der Waals surface area contributed by atoms with E-state index in [2.05, 4.69) is 28.0 Å². The van der Waals surface area contributed by atoms with Crippen LogP contribution in [0.1, 0.15) is 17.2 Å². The second-order valence-corrected chi connectivity index (χ2v) is 4.48. The van der Waals surface area contributed by atoms with E-state index in [0.29, 0.717) is 0 Å². The first-order chi connectivity index (χ1) is 7.72. The van der Waals surface area contributed by atoms with E-state index in [1.807, 2.05) is 6.07 Å². The minimum atomic E-state index is -0.254. The quantitative estimate of drug-likeness (QED) is 0.516. The number of halogens is 2. The van der Waals surface area contributed by atoms with Crippen LogP contribution in [0.3, 0.4) is 0 Å². The molecular formula is C11H10FIN2O. The maximum absolute atomic E-state index is 13.0. The van der Waals surface area contributed by atoms with E-state index in [-0.39, 0.29) is 11.9 Å². The van der Waals surface area contributed by atoms with Crippen LogP contribution < -0.4 is 11.3 Å². The molecule has 0 aliphatic carbocycles. The Kier molecular flexibility index (Phi) is 3.57. The fraction of sp³-hybridized carbons (Fsp3) is 0.0909. The van der Waals surface area contributed by atoms with Crippen molar-refractivity contribution in [2.45, 2.75) is 6.04 Å².